The van der Waals surface area contributed by atoms with Crippen molar-refractivity contribution in [2.75, 3.05) is 0 Å². The number of fused-ring (bicyclic) bond motifs is 7. The lowest BCUT2D eigenvalue weighted by molar-refractivity contribution is 0.562. The molecule has 0 spiro atoms. The van der Waals surface area contributed by atoms with Gasteiger partial charge in [0, 0.05) is 47.8 Å². The quantitative estimate of drug-likeness (QED) is 0.212. The molecule has 3 aromatic heterocycles. The fraction of sp³-hybridized carbons (Fsp3) is 0.0698. The summed E-state index contributed by atoms with van der Waals surface area (Å²) in [6, 6.07) is 37.5. The Bertz CT molecular complexity index is 2640. The Morgan fingerprint density at radius 3 is 2.60 bits per heavy atom. The molecule has 1 aliphatic heterocycles. The molecule has 0 amide bonds. The minimum Gasteiger partial charge on any atom is -0.454 e. The molecule has 226 valence electrons. The van der Waals surface area contributed by atoms with Gasteiger partial charge in [-0.05, 0) is 54.3 Å². The standard InChI is InChI=1S/C43H27N3OS/c1-2-11-26(12-3-1)35-25-36(32-17-10-16-30-29-13-6-9-20-38(29)48-42(30)32)46-43(45-35)28-23-21-27(22-24-28)40-41-39(31-14-4-7-18-34(31)44-40)33-15-5-8-19-37(33)47-41/h2,4-8,10-19,21-25,34,44H,9,20H2. The fourth-order valence-electron chi connectivity index (χ4n) is 7.18. The number of nitrogens with one attached hydrogen (secondary N) is 1. The van der Waals surface area contributed by atoms with Crippen LogP contribution in [0.5, 0.6) is 0 Å². The van der Waals surface area contributed by atoms with Crippen molar-refractivity contribution in [2.45, 2.75) is 18.9 Å². The minimum atomic E-state index is 0.0711. The smallest absolute Gasteiger partial charge is 0.160 e. The molecule has 10 rings (SSSR count). The average Bonchev–Trinajstić information content (AvgIpc) is 3.74. The minimum absolute atomic E-state index is 0.0711. The first-order chi connectivity index (χ1) is 23.8. The Hall–Kier alpha value is -5.96. The zero-order valence-electron chi connectivity index (χ0n) is 25.8. The monoisotopic (exact) mass is 633 g/mol. The van der Waals surface area contributed by atoms with Crippen LogP contribution >= 0.6 is 11.3 Å². The topological polar surface area (TPSA) is 51.0 Å². The third-order valence-corrected chi connectivity index (χ3v) is 10.8. The van der Waals surface area contributed by atoms with Crippen LogP contribution in [0.3, 0.4) is 0 Å². The van der Waals surface area contributed by atoms with Gasteiger partial charge in [-0.15, -0.1) is 11.3 Å². The number of hydrogen-bond acceptors (Lipinski definition) is 5. The Morgan fingerprint density at radius 2 is 1.69 bits per heavy atom. The van der Waals surface area contributed by atoms with Crippen LogP contribution < -0.4 is 16.0 Å². The van der Waals surface area contributed by atoms with E-state index >= 15 is 0 Å². The summed E-state index contributed by atoms with van der Waals surface area (Å²) in [6.07, 6.45) is 15.3. The maximum atomic E-state index is 6.50. The van der Waals surface area contributed by atoms with Gasteiger partial charge in [-0.3, -0.25) is 0 Å². The first kappa shape index (κ1) is 27.2. The number of rotatable bonds is 4. The number of benzene rings is 3. The van der Waals surface area contributed by atoms with Crippen molar-refractivity contribution in [1.29, 1.82) is 0 Å². The molecule has 7 aromatic rings. The van der Waals surface area contributed by atoms with Crippen LogP contribution in [-0.4, -0.2) is 16.0 Å². The Kier molecular flexibility index (Phi) is 6.12. The van der Waals surface area contributed by atoms with Crippen LogP contribution in [0.25, 0.3) is 72.3 Å². The van der Waals surface area contributed by atoms with Crippen LogP contribution in [0.1, 0.15) is 22.4 Å². The molecule has 0 fully saturated rings. The van der Waals surface area contributed by atoms with Crippen molar-refractivity contribution >= 4 is 49.7 Å². The number of thiophene rings is 1. The molecule has 4 nitrogen and oxygen atoms in total. The second kappa shape index (κ2) is 10.8. The molecule has 1 N–H and O–H groups in total. The largest absolute Gasteiger partial charge is 0.454 e. The highest BCUT2D eigenvalue weighted by molar-refractivity contribution is 7.20. The molecule has 2 aliphatic carbocycles. The number of furan rings is 1. The zero-order valence-corrected chi connectivity index (χ0v) is 26.6. The molecule has 5 heteroatoms. The van der Waals surface area contributed by atoms with E-state index < -0.39 is 0 Å². The highest BCUT2D eigenvalue weighted by Gasteiger charge is 2.24. The molecular formula is C43H27N3OS. The zero-order chi connectivity index (χ0) is 31.6. The lowest BCUT2D eigenvalue weighted by Crippen LogP contribution is -2.44. The van der Waals surface area contributed by atoms with E-state index in [1.165, 1.54) is 26.1 Å². The summed E-state index contributed by atoms with van der Waals surface area (Å²) in [6.45, 7) is 0. The molecule has 0 bridgehead atoms. The van der Waals surface area contributed by atoms with Crippen LogP contribution in [0, 0.1) is 12.1 Å². The van der Waals surface area contributed by atoms with Crippen molar-refractivity contribution < 1.29 is 4.42 Å². The van der Waals surface area contributed by atoms with Crippen molar-refractivity contribution in [2.24, 2.45) is 0 Å². The molecule has 1 atom stereocenters. The number of allylic oxidation sites excluding steroid dienone is 3. The van der Waals surface area contributed by atoms with E-state index in [0.29, 0.717) is 5.82 Å². The van der Waals surface area contributed by atoms with Crippen LogP contribution in [0.15, 0.2) is 126 Å². The predicted octanol–water partition coefficient (Wildman–Crippen LogP) is 8.40. The first-order valence-electron chi connectivity index (χ1n) is 16.3. The molecular weight excluding hydrogens is 607 g/mol. The molecule has 48 heavy (non-hydrogen) atoms. The van der Waals surface area contributed by atoms with Gasteiger partial charge < -0.3 is 9.73 Å². The van der Waals surface area contributed by atoms with Crippen LogP contribution in [-0.2, 0) is 6.42 Å². The van der Waals surface area contributed by atoms with Crippen molar-refractivity contribution in [3.8, 4) is 33.9 Å². The molecule has 0 radical (unpaired) electrons. The first-order valence-corrected chi connectivity index (χ1v) is 17.1. The highest BCUT2D eigenvalue weighted by atomic mass is 32.1. The average molecular weight is 634 g/mol. The second-order valence-electron chi connectivity index (χ2n) is 12.3. The summed E-state index contributed by atoms with van der Waals surface area (Å²) in [7, 11) is 0. The lowest BCUT2D eigenvalue weighted by atomic mass is 9.94. The number of aryl methyl sites for hydroxylation is 1. The van der Waals surface area contributed by atoms with Crippen molar-refractivity contribution in [1.82, 2.24) is 15.3 Å². The van der Waals surface area contributed by atoms with E-state index in [4.69, 9.17) is 14.4 Å². The van der Waals surface area contributed by atoms with Gasteiger partial charge in [-0.1, -0.05) is 109 Å². The van der Waals surface area contributed by atoms with E-state index in [1.807, 2.05) is 41.7 Å². The molecule has 4 aromatic carbocycles. The molecule has 4 heterocycles. The van der Waals surface area contributed by atoms with Crippen molar-refractivity contribution in [3.05, 3.63) is 160 Å². The van der Waals surface area contributed by atoms with Gasteiger partial charge in [0.25, 0.3) is 0 Å². The Balaban J connectivity index is 1.13. The third kappa shape index (κ3) is 4.31. The molecule has 0 saturated carbocycles. The maximum absolute atomic E-state index is 6.50. The third-order valence-electron chi connectivity index (χ3n) is 9.48. The van der Waals surface area contributed by atoms with Gasteiger partial charge in [0.1, 0.15) is 5.58 Å². The lowest BCUT2D eigenvalue weighted by Gasteiger charge is -2.25. The van der Waals surface area contributed by atoms with Gasteiger partial charge in [0.05, 0.1) is 23.1 Å². The SMILES string of the molecule is c1ccc(-c2cc(-c3cccc4c5c(sc34)CCC=C5)nc(-c3ccc(C4=c5oc6ccccc6c5=C5C=CC=CC5N4)cc3)n2)cc#1. The summed E-state index contributed by atoms with van der Waals surface area (Å²) < 4.78 is 7.78. The van der Waals surface area contributed by atoms with Gasteiger partial charge in [-0.2, -0.15) is 0 Å². The molecule has 3 aliphatic rings. The van der Waals surface area contributed by atoms with Crippen molar-refractivity contribution in [3.63, 3.8) is 0 Å². The summed E-state index contributed by atoms with van der Waals surface area (Å²) >= 11 is 1.89. The van der Waals surface area contributed by atoms with Crippen LogP contribution in [0.2, 0.25) is 0 Å². The van der Waals surface area contributed by atoms with Gasteiger partial charge >= 0.3 is 0 Å². The van der Waals surface area contributed by atoms with Gasteiger partial charge in [0.2, 0.25) is 0 Å². The Labute approximate surface area is 281 Å². The number of para-hydroxylation sites is 1. The molecule has 0 saturated heterocycles. The predicted molar refractivity (Wildman–Crippen MR) is 195 cm³/mol. The highest BCUT2D eigenvalue weighted by Crippen LogP contribution is 2.41. The van der Waals surface area contributed by atoms with Gasteiger partial charge in [-0.25, -0.2) is 9.97 Å². The van der Waals surface area contributed by atoms with E-state index in [2.05, 4.69) is 115 Å². The summed E-state index contributed by atoms with van der Waals surface area (Å²) in [4.78, 5) is 11.8. The molecule has 1 unspecified atom stereocenters. The summed E-state index contributed by atoms with van der Waals surface area (Å²) in [5, 5.41) is 7.34. The number of nitrogens with zero attached hydrogens (tertiary/aromatic N) is 2. The number of hydrogen-bond donors (Lipinski definition) is 1. The summed E-state index contributed by atoms with van der Waals surface area (Å²) in [5.41, 5.74) is 11.2. The van der Waals surface area contributed by atoms with E-state index in [0.717, 1.165) is 73.8 Å². The fourth-order valence-corrected chi connectivity index (χ4v) is 8.50. The van der Waals surface area contributed by atoms with E-state index in [1.54, 1.807) is 0 Å². The van der Waals surface area contributed by atoms with E-state index in [9.17, 15) is 0 Å². The summed E-state index contributed by atoms with van der Waals surface area (Å²) in [5.74, 6) is 0.683. The normalized spacial score (nSPS) is 16.0. The number of aromatic nitrogens is 2. The van der Waals surface area contributed by atoms with E-state index in [-0.39, 0.29) is 6.04 Å². The van der Waals surface area contributed by atoms with Gasteiger partial charge in [0.15, 0.2) is 11.2 Å². The second-order valence-corrected chi connectivity index (χ2v) is 13.4. The Morgan fingerprint density at radius 1 is 0.812 bits per heavy atom. The van der Waals surface area contributed by atoms with Crippen LogP contribution in [0.4, 0.5) is 0 Å². The maximum Gasteiger partial charge on any atom is 0.160 e.